The topological polar surface area (TPSA) is 74.3 Å². The van der Waals surface area contributed by atoms with E-state index in [1.165, 1.54) is 29.9 Å². The molecule has 2 amide bonds. The molecule has 3 unspecified atom stereocenters. The van der Waals surface area contributed by atoms with Crippen LogP contribution in [0, 0.1) is 5.92 Å². The van der Waals surface area contributed by atoms with E-state index in [0.717, 1.165) is 30.9 Å². The molecular formula is C19H19F3N4O2S. The van der Waals surface area contributed by atoms with Crippen molar-refractivity contribution in [3.05, 3.63) is 35.5 Å². The molecular weight excluding hydrogens is 405 g/mol. The largest absolute Gasteiger partial charge is 0.471 e. The van der Waals surface area contributed by atoms with E-state index in [1.807, 2.05) is 0 Å². The van der Waals surface area contributed by atoms with Crippen molar-refractivity contribution in [2.24, 2.45) is 5.92 Å². The van der Waals surface area contributed by atoms with Crippen LogP contribution in [0.4, 0.5) is 18.9 Å². The Kier molecular flexibility index (Phi) is 5.30. The van der Waals surface area contributed by atoms with Gasteiger partial charge in [-0.05, 0) is 43.0 Å². The van der Waals surface area contributed by atoms with Crippen molar-refractivity contribution in [2.75, 3.05) is 25.0 Å². The minimum absolute atomic E-state index is 0.0421. The number of fused-ring (bicyclic) bond motifs is 2. The zero-order valence-corrected chi connectivity index (χ0v) is 16.1. The molecule has 3 atom stereocenters. The van der Waals surface area contributed by atoms with Crippen LogP contribution in [0.3, 0.4) is 0 Å². The van der Waals surface area contributed by atoms with Crippen LogP contribution in [0.25, 0.3) is 10.4 Å². The van der Waals surface area contributed by atoms with Crippen molar-refractivity contribution in [3.8, 4) is 10.4 Å². The number of hydrogen-bond acceptors (Lipinski definition) is 5. The molecule has 154 valence electrons. The lowest BCUT2D eigenvalue weighted by molar-refractivity contribution is -0.167. The van der Waals surface area contributed by atoms with Gasteiger partial charge in [0.25, 0.3) is 5.91 Å². The van der Waals surface area contributed by atoms with Crippen molar-refractivity contribution >= 4 is 28.8 Å². The molecule has 2 saturated heterocycles. The summed E-state index contributed by atoms with van der Waals surface area (Å²) in [5, 5.41) is 5.21. The summed E-state index contributed by atoms with van der Waals surface area (Å²) >= 11 is 1.22. The van der Waals surface area contributed by atoms with Crippen LogP contribution in [0.2, 0.25) is 0 Å². The van der Waals surface area contributed by atoms with Gasteiger partial charge in [-0.25, -0.2) is 4.98 Å². The quantitative estimate of drug-likeness (QED) is 0.791. The maximum atomic E-state index is 12.5. The first-order valence-electron chi connectivity index (χ1n) is 9.25. The van der Waals surface area contributed by atoms with Gasteiger partial charge < -0.3 is 15.5 Å². The molecule has 1 aromatic heterocycles. The van der Waals surface area contributed by atoms with Crippen LogP contribution < -0.4 is 10.6 Å². The SMILES string of the molecule is O=C(NC1CC2CCN(C2)C1)c1ncc(-c2ccc(NC(=O)C(F)(F)F)cc2)s1. The number of halogens is 3. The van der Waals surface area contributed by atoms with Gasteiger partial charge in [0.2, 0.25) is 0 Å². The average molecular weight is 424 g/mol. The molecule has 3 heterocycles. The first-order chi connectivity index (χ1) is 13.8. The van der Waals surface area contributed by atoms with Gasteiger partial charge in [0.05, 0.1) is 4.88 Å². The molecule has 2 bridgehead atoms. The maximum Gasteiger partial charge on any atom is 0.471 e. The summed E-state index contributed by atoms with van der Waals surface area (Å²) in [5.41, 5.74) is 0.744. The fourth-order valence-corrected chi connectivity index (χ4v) is 4.67. The van der Waals surface area contributed by atoms with E-state index in [1.54, 1.807) is 23.6 Å². The summed E-state index contributed by atoms with van der Waals surface area (Å²) in [4.78, 5) is 30.8. The molecule has 2 aliphatic heterocycles. The predicted octanol–water partition coefficient (Wildman–Crippen LogP) is 3.13. The predicted molar refractivity (Wildman–Crippen MR) is 103 cm³/mol. The van der Waals surface area contributed by atoms with E-state index in [9.17, 15) is 22.8 Å². The van der Waals surface area contributed by atoms with Crippen LogP contribution in [-0.4, -0.2) is 53.6 Å². The van der Waals surface area contributed by atoms with Crippen LogP contribution in [-0.2, 0) is 4.79 Å². The van der Waals surface area contributed by atoms with Gasteiger partial charge in [-0.1, -0.05) is 12.1 Å². The molecule has 1 aromatic carbocycles. The van der Waals surface area contributed by atoms with Gasteiger partial charge in [-0.3, -0.25) is 9.59 Å². The van der Waals surface area contributed by atoms with E-state index >= 15 is 0 Å². The monoisotopic (exact) mass is 424 g/mol. The normalized spacial score (nSPS) is 23.6. The number of carbonyl (C=O) groups is 2. The molecule has 2 fully saturated rings. The lowest BCUT2D eigenvalue weighted by atomic mass is 9.97. The number of hydrogen-bond donors (Lipinski definition) is 2. The van der Waals surface area contributed by atoms with Crippen molar-refractivity contribution in [3.63, 3.8) is 0 Å². The van der Waals surface area contributed by atoms with Crippen LogP contribution >= 0.6 is 11.3 Å². The molecule has 2 N–H and O–H groups in total. The average Bonchev–Trinajstić information content (AvgIpc) is 3.28. The lowest BCUT2D eigenvalue weighted by Crippen LogP contribution is -2.46. The fourth-order valence-electron chi connectivity index (χ4n) is 3.84. The second kappa shape index (κ2) is 7.75. The Morgan fingerprint density at radius 3 is 2.62 bits per heavy atom. The third kappa shape index (κ3) is 4.59. The van der Waals surface area contributed by atoms with E-state index in [-0.39, 0.29) is 17.6 Å². The highest BCUT2D eigenvalue weighted by atomic mass is 32.1. The zero-order valence-electron chi connectivity index (χ0n) is 15.3. The number of benzene rings is 1. The molecule has 4 rings (SSSR count). The number of anilines is 1. The molecule has 0 radical (unpaired) electrons. The highest BCUT2D eigenvalue weighted by Crippen LogP contribution is 2.29. The summed E-state index contributed by atoms with van der Waals surface area (Å²) in [6.07, 6.45) is -1.19. The van der Waals surface area contributed by atoms with Gasteiger partial charge in [0.1, 0.15) is 0 Å². The van der Waals surface area contributed by atoms with Crippen molar-refractivity contribution in [1.82, 2.24) is 15.2 Å². The standard InChI is InChI=1S/C19H19F3N4O2S/c20-19(21,22)18(28)25-13-3-1-12(2-4-13)15-8-23-17(29-15)16(27)24-14-7-11-5-6-26(9-11)10-14/h1-4,8,11,14H,5-7,9-10H2,(H,24,27)(H,25,28). The number of nitrogens with zero attached hydrogens (tertiary/aromatic N) is 2. The van der Waals surface area contributed by atoms with Crippen LogP contribution in [0.5, 0.6) is 0 Å². The number of thiazole rings is 1. The minimum atomic E-state index is -4.94. The van der Waals surface area contributed by atoms with E-state index in [2.05, 4.69) is 15.2 Å². The Balaban J connectivity index is 1.38. The minimum Gasteiger partial charge on any atom is -0.346 e. The van der Waals surface area contributed by atoms with E-state index in [0.29, 0.717) is 16.5 Å². The molecule has 6 nitrogen and oxygen atoms in total. The summed E-state index contributed by atoms with van der Waals surface area (Å²) in [5.74, 6) is -1.57. The van der Waals surface area contributed by atoms with Crippen molar-refractivity contribution in [1.29, 1.82) is 0 Å². The number of carbonyl (C=O) groups excluding carboxylic acids is 2. The molecule has 29 heavy (non-hydrogen) atoms. The van der Waals surface area contributed by atoms with Gasteiger partial charge in [-0.2, -0.15) is 13.2 Å². The molecule has 0 saturated carbocycles. The first-order valence-corrected chi connectivity index (χ1v) is 10.1. The number of aromatic nitrogens is 1. The molecule has 10 heteroatoms. The highest BCUT2D eigenvalue weighted by molar-refractivity contribution is 7.16. The molecule has 0 spiro atoms. The Morgan fingerprint density at radius 2 is 1.93 bits per heavy atom. The summed E-state index contributed by atoms with van der Waals surface area (Å²) in [7, 11) is 0. The molecule has 0 aliphatic carbocycles. The zero-order chi connectivity index (χ0) is 20.6. The smallest absolute Gasteiger partial charge is 0.346 e. The first kappa shape index (κ1) is 19.8. The molecule has 2 aliphatic rings. The third-order valence-electron chi connectivity index (χ3n) is 5.19. The summed E-state index contributed by atoms with van der Waals surface area (Å²) in [6.45, 7) is 3.08. The van der Waals surface area contributed by atoms with Crippen LogP contribution in [0.15, 0.2) is 30.5 Å². The number of rotatable bonds is 4. The van der Waals surface area contributed by atoms with Gasteiger partial charge in [-0.15, -0.1) is 11.3 Å². The molecule has 2 aromatic rings. The number of nitrogens with one attached hydrogen (secondary N) is 2. The second-order valence-electron chi connectivity index (χ2n) is 7.38. The highest BCUT2D eigenvalue weighted by Gasteiger charge is 2.38. The van der Waals surface area contributed by atoms with Crippen molar-refractivity contribution in [2.45, 2.75) is 25.1 Å². The van der Waals surface area contributed by atoms with E-state index < -0.39 is 12.1 Å². The van der Waals surface area contributed by atoms with Gasteiger partial charge in [0, 0.05) is 31.0 Å². The third-order valence-corrected chi connectivity index (χ3v) is 6.23. The number of piperidine rings is 1. The summed E-state index contributed by atoms with van der Waals surface area (Å²) < 4.78 is 36.9. The Morgan fingerprint density at radius 1 is 1.17 bits per heavy atom. The number of amides is 2. The van der Waals surface area contributed by atoms with Crippen LogP contribution in [0.1, 0.15) is 22.6 Å². The van der Waals surface area contributed by atoms with Gasteiger partial charge >= 0.3 is 12.1 Å². The fraction of sp³-hybridized carbons (Fsp3) is 0.421. The lowest BCUT2D eigenvalue weighted by Gasteiger charge is -2.30. The Hall–Kier alpha value is -2.46. The Labute approximate surface area is 169 Å². The summed E-state index contributed by atoms with van der Waals surface area (Å²) in [6, 6.07) is 6.04. The number of alkyl halides is 3. The van der Waals surface area contributed by atoms with E-state index in [4.69, 9.17) is 0 Å². The Bertz CT molecular complexity index is 901. The van der Waals surface area contributed by atoms with Gasteiger partial charge in [0.15, 0.2) is 5.01 Å². The maximum absolute atomic E-state index is 12.5. The second-order valence-corrected chi connectivity index (χ2v) is 8.41. The van der Waals surface area contributed by atoms with Crippen molar-refractivity contribution < 1.29 is 22.8 Å².